The molecule has 0 spiro atoms. The molecule has 9 heteroatoms. The quantitative estimate of drug-likeness (QED) is 0.401. The summed E-state index contributed by atoms with van der Waals surface area (Å²) in [7, 11) is 0. The van der Waals surface area contributed by atoms with Gasteiger partial charge in [0, 0.05) is 43.2 Å². The van der Waals surface area contributed by atoms with E-state index in [4.69, 9.17) is 5.10 Å². The first kappa shape index (κ1) is 24.3. The first-order valence-corrected chi connectivity index (χ1v) is 13.2. The molecular weight excluding hydrogens is 470 g/mol. The Hall–Kier alpha value is -3.43. The van der Waals surface area contributed by atoms with Crippen LogP contribution in [0.4, 0.5) is 17.2 Å². The lowest BCUT2D eigenvalue weighted by Crippen LogP contribution is -2.43. The number of carbonyl (C=O) groups is 1. The second-order valence-corrected chi connectivity index (χ2v) is 10.9. The number of aromatic nitrogens is 2. The molecule has 5 rings (SSSR count). The van der Waals surface area contributed by atoms with Gasteiger partial charge in [-0.1, -0.05) is 54.2 Å². The molecule has 2 aliphatic heterocycles. The SMILES string of the molecule is CC(C)(C)n1nc(-c2ccccc2)cc1NC1NC(C(=O)Nc2ccccc2N2CCNCC2)=CS1. The van der Waals surface area contributed by atoms with E-state index in [-0.39, 0.29) is 16.9 Å². The number of benzene rings is 2. The van der Waals surface area contributed by atoms with E-state index in [9.17, 15) is 4.79 Å². The lowest BCUT2D eigenvalue weighted by molar-refractivity contribution is -0.113. The summed E-state index contributed by atoms with van der Waals surface area (Å²) in [6.07, 6.45) is 0. The summed E-state index contributed by atoms with van der Waals surface area (Å²) in [5, 5.41) is 20.1. The predicted octanol–water partition coefficient (Wildman–Crippen LogP) is 4.23. The van der Waals surface area contributed by atoms with Crippen LogP contribution in [0.5, 0.6) is 0 Å². The number of hydrogen-bond acceptors (Lipinski definition) is 7. The Balaban J connectivity index is 1.27. The molecule has 188 valence electrons. The lowest BCUT2D eigenvalue weighted by atomic mass is 10.1. The molecule has 3 heterocycles. The zero-order chi connectivity index (χ0) is 25.1. The van der Waals surface area contributed by atoms with Gasteiger partial charge in [-0.15, -0.1) is 0 Å². The van der Waals surface area contributed by atoms with Gasteiger partial charge in [0.2, 0.25) is 0 Å². The van der Waals surface area contributed by atoms with E-state index in [1.165, 1.54) is 11.8 Å². The number of anilines is 3. The number of amides is 1. The van der Waals surface area contributed by atoms with Crippen LogP contribution in [-0.2, 0) is 10.3 Å². The third-order valence-electron chi connectivity index (χ3n) is 6.16. The van der Waals surface area contributed by atoms with E-state index < -0.39 is 0 Å². The van der Waals surface area contributed by atoms with Crippen LogP contribution in [0.15, 0.2) is 71.8 Å². The van der Waals surface area contributed by atoms with Crippen LogP contribution in [0.2, 0.25) is 0 Å². The van der Waals surface area contributed by atoms with Crippen LogP contribution in [0.1, 0.15) is 20.8 Å². The lowest BCUT2D eigenvalue weighted by Gasteiger charge is -2.31. The molecule has 2 aliphatic rings. The molecule has 1 unspecified atom stereocenters. The summed E-state index contributed by atoms with van der Waals surface area (Å²) >= 11 is 1.54. The average molecular weight is 504 g/mol. The summed E-state index contributed by atoms with van der Waals surface area (Å²) in [6, 6.07) is 20.2. The molecule has 3 aromatic rings. The fourth-order valence-corrected chi connectivity index (χ4v) is 5.20. The number of thioether (sulfide) groups is 1. The molecule has 4 N–H and O–H groups in total. The first-order chi connectivity index (χ1) is 17.4. The predicted molar refractivity (Wildman–Crippen MR) is 149 cm³/mol. The first-order valence-electron chi connectivity index (χ1n) is 12.3. The maximum Gasteiger partial charge on any atom is 0.272 e. The fraction of sp³-hybridized carbons (Fsp3) is 0.333. The van der Waals surface area contributed by atoms with Gasteiger partial charge in [0.15, 0.2) is 5.50 Å². The van der Waals surface area contributed by atoms with Crippen LogP contribution in [0.25, 0.3) is 11.3 Å². The van der Waals surface area contributed by atoms with Crippen molar-refractivity contribution in [2.45, 2.75) is 31.8 Å². The molecule has 0 radical (unpaired) electrons. The Morgan fingerprint density at radius 3 is 2.53 bits per heavy atom. The molecule has 0 bridgehead atoms. The number of carbonyl (C=O) groups excluding carboxylic acids is 1. The normalized spacial score (nSPS) is 17.9. The topological polar surface area (TPSA) is 86.2 Å². The molecule has 0 saturated carbocycles. The number of piperazine rings is 1. The molecule has 1 saturated heterocycles. The molecule has 36 heavy (non-hydrogen) atoms. The monoisotopic (exact) mass is 503 g/mol. The van der Waals surface area contributed by atoms with Crippen molar-refractivity contribution < 1.29 is 4.79 Å². The summed E-state index contributed by atoms with van der Waals surface area (Å²) in [5.41, 5.74) is 4.00. The van der Waals surface area contributed by atoms with Crippen molar-refractivity contribution in [3.05, 3.63) is 71.8 Å². The van der Waals surface area contributed by atoms with Gasteiger partial charge < -0.3 is 26.2 Å². The van der Waals surface area contributed by atoms with E-state index in [2.05, 4.69) is 71.2 Å². The largest absolute Gasteiger partial charge is 0.367 e. The van der Waals surface area contributed by atoms with Gasteiger partial charge in [0.1, 0.15) is 11.5 Å². The van der Waals surface area contributed by atoms with E-state index in [0.29, 0.717) is 5.70 Å². The maximum absolute atomic E-state index is 13.1. The van der Waals surface area contributed by atoms with E-state index in [1.54, 1.807) is 0 Å². The maximum atomic E-state index is 13.1. The summed E-state index contributed by atoms with van der Waals surface area (Å²) in [5.74, 6) is 0.745. The molecular formula is C27H33N7OS. The van der Waals surface area contributed by atoms with Gasteiger partial charge in [0.05, 0.1) is 22.6 Å². The van der Waals surface area contributed by atoms with E-state index in [1.807, 2.05) is 46.5 Å². The van der Waals surface area contributed by atoms with Crippen molar-refractivity contribution in [2.75, 3.05) is 41.7 Å². The summed E-state index contributed by atoms with van der Waals surface area (Å²) in [4.78, 5) is 15.4. The number of nitrogens with zero attached hydrogens (tertiary/aromatic N) is 3. The third-order valence-corrected chi connectivity index (χ3v) is 7.04. The molecule has 0 aliphatic carbocycles. The van der Waals surface area contributed by atoms with Gasteiger partial charge >= 0.3 is 0 Å². The van der Waals surface area contributed by atoms with Crippen LogP contribution in [0, 0.1) is 0 Å². The molecule has 1 fully saturated rings. The van der Waals surface area contributed by atoms with Crippen molar-refractivity contribution >= 4 is 34.9 Å². The van der Waals surface area contributed by atoms with Crippen molar-refractivity contribution in [3.63, 3.8) is 0 Å². The smallest absolute Gasteiger partial charge is 0.272 e. The van der Waals surface area contributed by atoms with Gasteiger partial charge in [0.25, 0.3) is 5.91 Å². The van der Waals surface area contributed by atoms with Crippen molar-refractivity contribution in [2.24, 2.45) is 0 Å². The number of nitrogens with one attached hydrogen (secondary N) is 4. The van der Waals surface area contributed by atoms with Gasteiger partial charge in [-0.05, 0) is 32.9 Å². The van der Waals surface area contributed by atoms with Gasteiger partial charge in [-0.25, -0.2) is 4.68 Å². The zero-order valence-corrected chi connectivity index (χ0v) is 21.7. The molecule has 1 aromatic heterocycles. The van der Waals surface area contributed by atoms with Crippen molar-refractivity contribution in [3.8, 4) is 11.3 Å². The zero-order valence-electron chi connectivity index (χ0n) is 20.9. The van der Waals surface area contributed by atoms with Crippen molar-refractivity contribution in [1.29, 1.82) is 0 Å². The van der Waals surface area contributed by atoms with Crippen LogP contribution >= 0.6 is 11.8 Å². The van der Waals surface area contributed by atoms with Gasteiger partial charge in [-0.2, -0.15) is 5.10 Å². The highest BCUT2D eigenvalue weighted by Gasteiger charge is 2.26. The summed E-state index contributed by atoms with van der Waals surface area (Å²) < 4.78 is 2.00. The Labute approximate surface area is 216 Å². The number of rotatable bonds is 6. The second kappa shape index (κ2) is 10.3. The van der Waals surface area contributed by atoms with E-state index in [0.717, 1.165) is 54.6 Å². The molecule has 1 atom stereocenters. The molecule has 8 nitrogen and oxygen atoms in total. The van der Waals surface area contributed by atoms with Crippen LogP contribution < -0.4 is 26.2 Å². The Morgan fingerprint density at radius 1 is 1.06 bits per heavy atom. The van der Waals surface area contributed by atoms with Gasteiger partial charge in [-0.3, -0.25) is 4.79 Å². The highest BCUT2D eigenvalue weighted by Crippen LogP contribution is 2.31. The molecule has 1 amide bonds. The fourth-order valence-electron chi connectivity index (χ4n) is 4.36. The number of para-hydroxylation sites is 2. The minimum Gasteiger partial charge on any atom is -0.367 e. The standard InChI is InChI=1S/C27H33N7OS/c1-27(2,3)34-24(17-21(32-34)19-9-5-4-6-10-19)31-26-30-22(18-36-26)25(35)29-20-11-7-8-12-23(20)33-15-13-28-14-16-33/h4-12,17-18,26,28,30-31H,13-16H2,1-3H3,(H,29,35). The Kier molecular flexibility index (Phi) is 6.93. The van der Waals surface area contributed by atoms with Crippen LogP contribution in [0.3, 0.4) is 0 Å². The Morgan fingerprint density at radius 2 is 1.78 bits per heavy atom. The minimum atomic E-state index is -0.208. The number of hydrogen-bond donors (Lipinski definition) is 4. The summed E-state index contributed by atoms with van der Waals surface area (Å²) in [6.45, 7) is 10.1. The van der Waals surface area contributed by atoms with Crippen molar-refractivity contribution in [1.82, 2.24) is 20.4 Å². The highest BCUT2D eigenvalue weighted by molar-refractivity contribution is 8.03. The van der Waals surface area contributed by atoms with Crippen LogP contribution in [-0.4, -0.2) is 47.4 Å². The average Bonchev–Trinajstić information content (AvgIpc) is 3.53. The molecule has 2 aromatic carbocycles. The third kappa shape index (κ3) is 5.37. The Bertz CT molecular complexity index is 1240. The second-order valence-electron chi connectivity index (χ2n) is 9.91. The van der Waals surface area contributed by atoms with E-state index >= 15 is 0 Å². The minimum absolute atomic E-state index is 0.149. The highest BCUT2D eigenvalue weighted by atomic mass is 32.2.